The van der Waals surface area contributed by atoms with Crippen LogP contribution in [0.5, 0.6) is 5.75 Å². The lowest BCUT2D eigenvalue weighted by atomic mass is 10.1. The number of carbonyl (C=O) groups excluding carboxylic acids is 1. The van der Waals surface area contributed by atoms with Crippen LogP contribution in [0.2, 0.25) is 0 Å². The zero-order chi connectivity index (χ0) is 23.5. The SMILES string of the molecule is Cc1noc2nc(-c3ccco3)cc(C(=O)NC(C)c3cccc(OCc4ccccn4)c3)c12. The van der Waals surface area contributed by atoms with E-state index < -0.39 is 0 Å². The second-order valence-corrected chi connectivity index (χ2v) is 7.86. The van der Waals surface area contributed by atoms with Crippen molar-refractivity contribution in [2.75, 3.05) is 0 Å². The molecule has 1 atom stereocenters. The predicted molar refractivity (Wildman–Crippen MR) is 125 cm³/mol. The summed E-state index contributed by atoms with van der Waals surface area (Å²) in [6.07, 6.45) is 3.29. The smallest absolute Gasteiger partial charge is 0.259 e. The Morgan fingerprint density at radius 1 is 1.12 bits per heavy atom. The monoisotopic (exact) mass is 454 g/mol. The maximum absolute atomic E-state index is 13.3. The van der Waals surface area contributed by atoms with E-state index in [0.29, 0.717) is 40.5 Å². The summed E-state index contributed by atoms with van der Waals surface area (Å²) in [6, 6.07) is 18.3. The van der Waals surface area contributed by atoms with Crippen molar-refractivity contribution in [1.29, 1.82) is 0 Å². The third-order valence-corrected chi connectivity index (χ3v) is 5.45. The molecule has 5 aromatic rings. The van der Waals surface area contributed by atoms with Gasteiger partial charge >= 0.3 is 0 Å². The van der Waals surface area contributed by atoms with Crippen molar-refractivity contribution in [3.05, 3.63) is 95.6 Å². The number of carbonyl (C=O) groups is 1. The van der Waals surface area contributed by atoms with E-state index in [-0.39, 0.29) is 17.7 Å². The van der Waals surface area contributed by atoms with Gasteiger partial charge in [-0.15, -0.1) is 0 Å². The molecule has 5 rings (SSSR count). The molecule has 34 heavy (non-hydrogen) atoms. The van der Waals surface area contributed by atoms with Gasteiger partial charge in [-0.25, -0.2) is 4.98 Å². The maximum atomic E-state index is 13.3. The average Bonchev–Trinajstić information content (AvgIpc) is 3.53. The molecule has 4 heterocycles. The van der Waals surface area contributed by atoms with E-state index in [2.05, 4.69) is 20.4 Å². The van der Waals surface area contributed by atoms with Gasteiger partial charge in [0.1, 0.15) is 18.1 Å². The number of pyridine rings is 2. The Morgan fingerprint density at radius 3 is 2.82 bits per heavy atom. The zero-order valence-corrected chi connectivity index (χ0v) is 18.7. The number of hydrogen-bond donors (Lipinski definition) is 1. The Kier molecular flexibility index (Phi) is 5.78. The molecule has 8 nitrogen and oxygen atoms in total. The van der Waals surface area contributed by atoms with Gasteiger partial charge in [0.15, 0.2) is 5.76 Å². The summed E-state index contributed by atoms with van der Waals surface area (Å²) in [6.45, 7) is 4.06. The molecule has 0 saturated carbocycles. The Balaban J connectivity index is 1.37. The number of furan rings is 1. The first kappa shape index (κ1) is 21.4. The number of ether oxygens (including phenoxy) is 1. The molecule has 0 saturated heterocycles. The van der Waals surface area contributed by atoms with Crippen molar-refractivity contribution >= 4 is 17.0 Å². The van der Waals surface area contributed by atoms with Gasteiger partial charge in [-0.1, -0.05) is 23.4 Å². The number of aryl methyl sites for hydroxylation is 1. The number of benzene rings is 1. The van der Waals surface area contributed by atoms with Crippen molar-refractivity contribution in [3.63, 3.8) is 0 Å². The second-order valence-electron chi connectivity index (χ2n) is 7.86. The van der Waals surface area contributed by atoms with E-state index in [1.165, 1.54) is 0 Å². The quantitative estimate of drug-likeness (QED) is 0.358. The van der Waals surface area contributed by atoms with Gasteiger partial charge in [0.2, 0.25) is 0 Å². The Bertz CT molecular complexity index is 1430. The number of rotatable bonds is 7. The molecular formula is C26H22N4O4. The summed E-state index contributed by atoms with van der Waals surface area (Å²) < 4.78 is 16.7. The number of aromatic nitrogens is 3. The van der Waals surface area contributed by atoms with Crippen LogP contribution in [0.3, 0.4) is 0 Å². The lowest BCUT2D eigenvalue weighted by Gasteiger charge is -2.16. The van der Waals surface area contributed by atoms with Gasteiger partial charge in [0.05, 0.1) is 34.6 Å². The molecule has 0 spiro atoms. The summed E-state index contributed by atoms with van der Waals surface area (Å²) in [4.78, 5) is 22.1. The molecule has 8 heteroatoms. The summed E-state index contributed by atoms with van der Waals surface area (Å²) in [7, 11) is 0. The topological polar surface area (TPSA) is 103 Å². The van der Waals surface area contributed by atoms with Crippen LogP contribution in [0.4, 0.5) is 0 Å². The highest BCUT2D eigenvalue weighted by atomic mass is 16.5. The number of nitrogens with zero attached hydrogens (tertiary/aromatic N) is 3. The Hall–Kier alpha value is -4.46. The van der Waals surface area contributed by atoms with Gasteiger partial charge in [0, 0.05) is 6.20 Å². The number of hydrogen-bond acceptors (Lipinski definition) is 7. The number of nitrogens with one attached hydrogen (secondary N) is 1. The van der Waals surface area contributed by atoms with Crippen LogP contribution in [-0.4, -0.2) is 21.0 Å². The Morgan fingerprint density at radius 2 is 2.03 bits per heavy atom. The largest absolute Gasteiger partial charge is 0.487 e. The third kappa shape index (κ3) is 4.38. The molecule has 0 aliphatic carbocycles. The molecule has 170 valence electrons. The molecule has 4 aromatic heterocycles. The van der Waals surface area contributed by atoms with Crippen molar-refractivity contribution in [2.45, 2.75) is 26.5 Å². The zero-order valence-electron chi connectivity index (χ0n) is 18.7. The fourth-order valence-corrected chi connectivity index (χ4v) is 3.70. The molecule has 1 unspecified atom stereocenters. The molecule has 0 bridgehead atoms. The molecule has 0 aliphatic heterocycles. The maximum Gasteiger partial charge on any atom is 0.259 e. The fourth-order valence-electron chi connectivity index (χ4n) is 3.70. The van der Waals surface area contributed by atoms with Crippen LogP contribution >= 0.6 is 0 Å². The lowest BCUT2D eigenvalue weighted by Crippen LogP contribution is -2.27. The summed E-state index contributed by atoms with van der Waals surface area (Å²) in [5.74, 6) is 0.972. The third-order valence-electron chi connectivity index (χ3n) is 5.45. The molecule has 1 N–H and O–H groups in total. The van der Waals surface area contributed by atoms with E-state index >= 15 is 0 Å². The number of fused-ring (bicyclic) bond motifs is 1. The first-order valence-electron chi connectivity index (χ1n) is 10.8. The van der Waals surface area contributed by atoms with Crippen LogP contribution in [0.25, 0.3) is 22.6 Å². The highest BCUT2D eigenvalue weighted by Crippen LogP contribution is 2.28. The van der Waals surface area contributed by atoms with Crippen LogP contribution in [0, 0.1) is 6.92 Å². The van der Waals surface area contributed by atoms with Crippen molar-refractivity contribution in [2.24, 2.45) is 0 Å². The predicted octanol–water partition coefficient (Wildman–Crippen LogP) is 5.26. The van der Waals surface area contributed by atoms with Gasteiger partial charge in [-0.3, -0.25) is 9.78 Å². The van der Waals surface area contributed by atoms with Gasteiger partial charge in [-0.05, 0) is 61.9 Å². The summed E-state index contributed by atoms with van der Waals surface area (Å²) in [5.41, 5.74) is 3.55. The van der Waals surface area contributed by atoms with E-state index in [1.54, 1.807) is 37.6 Å². The molecule has 0 fully saturated rings. The standard InChI is InChI=1S/C26H22N4O4/c1-16(18-7-5-9-20(13-18)33-15-19-8-3-4-11-27-19)28-25(31)21-14-22(23-10-6-12-32-23)29-26-24(21)17(2)30-34-26/h3-14,16H,15H2,1-2H3,(H,28,31). The van der Waals surface area contributed by atoms with E-state index in [0.717, 1.165) is 11.3 Å². The first-order valence-corrected chi connectivity index (χ1v) is 10.8. The van der Waals surface area contributed by atoms with Gasteiger partial charge in [0.25, 0.3) is 11.6 Å². The Labute approximate surface area is 195 Å². The minimum atomic E-state index is -0.277. The van der Waals surface area contributed by atoms with E-state index in [4.69, 9.17) is 13.7 Å². The molecule has 1 amide bonds. The average molecular weight is 454 g/mol. The van der Waals surface area contributed by atoms with E-state index in [1.807, 2.05) is 49.4 Å². The molecule has 0 radical (unpaired) electrons. The van der Waals surface area contributed by atoms with E-state index in [9.17, 15) is 4.79 Å². The highest BCUT2D eigenvalue weighted by molar-refractivity contribution is 6.07. The minimum Gasteiger partial charge on any atom is -0.487 e. The fraction of sp³-hybridized carbons (Fsp3) is 0.154. The van der Waals surface area contributed by atoms with Crippen LogP contribution in [0.1, 0.15) is 40.3 Å². The minimum absolute atomic E-state index is 0.265. The van der Waals surface area contributed by atoms with Crippen LogP contribution in [0.15, 0.2) is 82.1 Å². The van der Waals surface area contributed by atoms with Crippen LogP contribution < -0.4 is 10.1 Å². The van der Waals surface area contributed by atoms with Gasteiger partial charge < -0.3 is 19.0 Å². The van der Waals surface area contributed by atoms with Crippen LogP contribution in [-0.2, 0) is 6.61 Å². The van der Waals surface area contributed by atoms with Gasteiger partial charge in [-0.2, -0.15) is 0 Å². The van der Waals surface area contributed by atoms with Crippen molar-refractivity contribution < 1.29 is 18.5 Å². The van der Waals surface area contributed by atoms with Crippen molar-refractivity contribution in [1.82, 2.24) is 20.4 Å². The van der Waals surface area contributed by atoms with Crippen molar-refractivity contribution in [3.8, 4) is 17.2 Å². The molecular weight excluding hydrogens is 432 g/mol. The summed E-state index contributed by atoms with van der Waals surface area (Å²) in [5, 5.41) is 7.62. The highest BCUT2D eigenvalue weighted by Gasteiger charge is 2.21. The molecule has 1 aromatic carbocycles. The lowest BCUT2D eigenvalue weighted by molar-refractivity contribution is 0.0941. The molecule has 0 aliphatic rings. The summed E-state index contributed by atoms with van der Waals surface area (Å²) >= 11 is 0. The number of amides is 1. The first-order chi connectivity index (χ1) is 16.6. The second kappa shape index (κ2) is 9.19. The normalized spacial score (nSPS) is 11.9.